The van der Waals surface area contributed by atoms with Gasteiger partial charge in [-0.1, -0.05) is 63.2 Å². The van der Waals surface area contributed by atoms with Crippen molar-refractivity contribution in [3.63, 3.8) is 0 Å². The highest BCUT2D eigenvalue weighted by atomic mass is 16.2. The van der Waals surface area contributed by atoms with E-state index >= 15 is 0 Å². The quantitative estimate of drug-likeness (QED) is 0.630. The number of nitrogens with one attached hydrogen (secondary N) is 2. The molecule has 3 rings (SSSR count). The van der Waals surface area contributed by atoms with E-state index in [0.717, 1.165) is 49.2 Å². The van der Waals surface area contributed by atoms with E-state index in [0.29, 0.717) is 5.92 Å². The Kier molecular flexibility index (Phi) is 8.32. The molecule has 5 nitrogen and oxygen atoms in total. The molecule has 0 spiro atoms. The zero-order chi connectivity index (χ0) is 23.1. The van der Waals surface area contributed by atoms with Crippen molar-refractivity contribution in [3.8, 4) is 0 Å². The fraction of sp³-hybridized carbons (Fsp3) is 0.481. The number of carbonyl (C=O) groups is 2. The van der Waals surface area contributed by atoms with Crippen LogP contribution in [-0.2, 0) is 4.79 Å². The van der Waals surface area contributed by atoms with Crippen LogP contribution >= 0.6 is 0 Å². The number of carbonyl (C=O) groups excluding carboxylic acids is 2. The Balaban J connectivity index is 1.60. The molecule has 1 aliphatic rings. The van der Waals surface area contributed by atoms with Crippen LogP contribution in [0.15, 0.2) is 54.6 Å². The standard InChI is InChI=1S/C27H37N3O2/c1-5-23(21-11-7-6-8-12-21)26(31)29-22-15-17-30(18-16-22)25-14-10-9-13-24(25)27(32)28-20(4)19(2)3/h6-14,19-20,22-23H,5,15-18H2,1-4H3,(H,28,32)(H,29,31)/t20-,23+/m0/s1. The molecule has 2 amide bonds. The molecule has 2 aromatic rings. The van der Waals surface area contributed by atoms with E-state index in [1.54, 1.807) is 0 Å². The lowest BCUT2D eigenvalue weighted by Gasteiger charge is -2.35. The molecule has 1 aliphatic heterocycles. The normalized spacial score (nSPS) is 16.5. The van der Waals surface area contributed by atoms with Crippen molar-refractivity contribution in [2.45, 2.75) is 65.0 Å². The number of anilines is 1. The Morgan fingerprint density at radius 2 is 1.59 bits per heavy atom. The van der Waals surface area contributed by atoms with E-state index in [2.05, 4.69) is 36.3 Å². The van der Waals surface area contributed by atoms with Gasteiger partial charge in [0.1, 0.15) is 0 Å². The van der Waals surface area contributed by atoms with Gasteiger partial charge in [-0.3, -0.25) is 9.59 Å². The molecule has 172 valence electrons. The average Bonchev–Trinajstić information content (AvgIpc) is 2.80. The maximum atomic E-state index is 12.9. The molecule has 1 heterocycles. The molecule has 1 fully saturated rings. The van der Waals surface area contributed by atoms with Gasteiger partial charge in [0.2, 0.25) is 5.91 Å². The molecule has 5 heteroatoms. The predicted molar refractivity (Wildman–Crippen MR) is 131 cm³/mol. The van der Waals surface area contributed by atoms with Crippen molar-refractivity contribution in [1.29, 1.82) is 0 Å². The van der Waals surface area contributed by atoms with Crippen LogP contribution in [0, 0.1) is 5.92 Å². The van der Waals surface area contributed by atoms with Crippen LogP contribution in [0.2, 0.25) is 0 Å². The van der Waals surface area contributed by atoms with Gasteiger partial charge in [-0.15, -0.1) is 0 Å². The van der Waals surface area contributed by atoms with Gasteiger partial charge >= 0.3 is 0 Å². The Bertz CT molecular complexity index is 889. The summed E-state index contributed by atoms with van der Waals surface area (Å²) in [6.07, 6.45) is 2.52. The van der Waals surface area contributed by atoms with Gasteiger partial charge in [-0.25, -0.2) is 0 Å². The van der Waals surface area contributed by atoms with Crippen LogP contribution in [0.1, 0.15) is 68.8 Å². The second kappa shape index (κ2) is 11.2. The Morgan fingerprint density at radius 3 is 2.22 bits per heavy atom. The van der Waals surface area contributed by atoms with Crippen molar-refractivity contribution in [2.24, 2.45) is 5.92 Å². The van der Waals surface area contributed by atoms with E-state index in [1.165, 1.54) is 0 Å². The monoisotopic (exact) mass is 435 g/mol. The lowest BCUT2D eigenvalue weighted by Crippen LogP contribution is -2.46. The van der Waals surface area contributed by atoms with Crippen molar-refractivity contribution in [3.05, 3.63) is 65.7 Å². The first-order valence-electron chi connectivity index (χ1n) is 11.9. The van der Waals surface area contributed by atoms with Gasteiger partial charge in [-0.2, -0.15) is 0 Å². The number of piperidine rings is 1. The minimum absolute atomic E-state index is 0.0223. The third-order valence-corrected chi connectivity index (χ3v) is 6.62. The maximum absolute atomic E-state index is 12.9. The van der Waals surface area contributed by atoms with Crippen molar-refractivity contribution < 1.29 is 9.59 Å². The summed E-state index contributed by atoms with van der Waals surface area (Å²) < 4.78 is 0. The molecule has 0 saturated carbocycles. The molecule has 2 N–H and O–H groups in total. The van der Waals surface area contributed by atoms with E-state index in [4.69, 9.17) is 0 Å². The maximum Gasteiger partial charge on any atom is 0.253 e. The van der Waals surface area contributed by atoms with Crippen LogP contribution in [0.25, 0.3) is 0 Å². The zero-order valence-corrected chi connectivity index (χ0v) is 19.8. The number of para-hydroxylation sites is 1. The van der Waals surface area contributed by atoms with E-state index < -0.39 is 0 Å². The predicted octanol–water partition coefficient (Wildman–Crippen LogP) is 4.74. The number of nitrogens with zero attached hydrogens (tertiary/aromatic N) is 1. The van der Waals surface area contributed by atoms with E-state index in [1.807, 2.05) is 61.5 Å². The first-order valence-corrected chi connectivity index (χ1v) is 11.9. The topological polar surface area (TPSA) is 61.4 Å². The number of benzene rings is 2. The van der Waals surface area contributed by atoms with E-state index in [9.17, 15) is 9.59 Å². The third kappa shape index (κ3) is 5.90. The number of amides is 2. The molecule has 2 atom stereocenters. The molecule has 1 saturated heterocycles. The minimum Gasteiger partial charge on any atom is -0.371 e. The second-order valence-corrected chi connectivity index (χ2v) is 9.16. The van der Waals surface area contributed by atoms with Gasteiger partial charge in [0.25, 0.3) is 5.91 Å². The van der Waals surface area contributed by atoms with Crippen LogP contribution < -0.4 is 15.5 Å². The molecule has 2 aromatic carbocycles. The van der Waals surface area contributed by atoms with Crippen molar-refractivity contribution >= 4 is 17.5 Å². The molecular weight excluding hydrogens is 398 g/mol. The van der Waals surface area contributed by atoms with Crippen LogP contribution in [0.5, 0.6) is 0 Å². The largest absolute Gasteiger partial charge is 0.371 e. The average molecular weight is 436 g/mol. The fourth-order valence-electron chi connectivity index (χ4n) is 4.22. The molecule has 0 radical (unpaired) electrons. The number of rotatable bonds is 8. The SMILES string of the molecule is CC[C@@H](C(=O)NC1CCN(c2ccccc2C(=O)N[C@@H](C)C(C)C)CC1)c1ccccc1. The van der Waals surface area contributed by atoms with Gasteiger partial charge in [0.05, 0.1) is 11.5 Å². The molecular formula is C27H37N3O2. The Labute approximate surface area is 192 Å². The van der Waals surface area contributed by atoms with Gasteiger partial charge < -0.3 is 15.5 Å². The summed E-state index contributed by atoms with van der Waals surface area (Å²) in [5.74, 6) is 0.361. The number of hydrogen-bond donors (Lipinski definition) is 2. The van der Waals surface area contributed by atoms with Crippen LogP contribution in [-0.4, -0.2) is 37.0 Å². The summed E-state index contributed by atoms with van der Waals surface area (Å²) >= 11 is 0. The Hall–Kier alpha value is -2.82. The highest BCUT2D eigenvalue weighted by Crippen LogP contribution is 2.26. The van der Waals surface area contributed by atoms with Crippen LogP contribution in [0.4, 0.5) is 5.69 Å². The van der Waals surface area contributed by atoms with Crippen molar-refractivity contribution in [2.75, 3.05) is 18.0 Å². The lowest BCUT2D eigenvalue weighted by atomic mass is 9.94. The fourth-order valence-corrected chi connectivity index (χ4v) is 4.22. The summed E-state index contributed by atoms with van der Waals surface area (Å²) in [5.41, 5.74) is 2.76. The molecule has 32 heavy (non-hydrogen) atoms. The highest BCUT2D eigenvalue weighted by Gasteiger charge is 2.26. The molecule has 0 aromatic heterocycles. The Morgan fingerprint density at radius 1 is 0.969 bits per heavy atom. The smallest absolute Gasteiger partial charge is 0.253 e. The van der Waals surface area contributed by atoms with Gasteiger partial charge in [0.15, 0.2) is 0 Å². The van der Waals surface area contributed by atoms with Crippen LogP contribution in [0.3, 0.4) is 0 Å². The minimum atomic E-state index is -0.110. The zero-order valence-electron chi connectivity index (χ0n) is 19.8. The third-order valence-electron chi connectivity index (χ3n) is 6.62. The van der Waals surface area contributed by atoms with Crippen molar-refractivity contribution in [1.82, 2.24) is 10.6 Å². The van der Waals surface area contributed by atoms with Gasteiger partial charge in [-0.05, 0) is 49.8 Å². The first-order chi connectivity index (χ1) is 15.4. The summed E-state index contributed by atoms with van der Waals surface area (Å²) in [5, 5.41) is 6.39. The first kappa shape index (κ1) is 23.8. The number of hydrogen-bond acceptors (Lipinski definition) is 3. The molecule has 0 unspecified atom stereocenters. The highest BCUT2D eigenvalue weighted by molar-refractivity contribution is 6.00. The second-order valence-electron chi connectivity index (χ2n) is 9.16. The van der Waals surface area contributed by atoms with E-state index in [-0.39, 0.29) is 29.8 Å². The summed E-state index contributed by atoms with van der Waals surface area (Å²) in [7, 11) is 0. The van der Waals surface area contributed by atoms with Gasteiger partial charge in [0, 0.05) is 30.9 Å². The summed E-state index contributed by atoms with van der Waals surface area (Å²) in [4.78, 5) is 28.1. The molecule has 0 bridgehead atoms. The summed E-state index contributed by atoms with van der Waals surface area (Å²) in [6.45, 7) is 9.95. The molecule has 0 aliphatic carbocycles. The summed E-state index contributed by atoms with van der Waals surface area (Å²) in [6, 6.07) is 18.1. The lowest BCUT2D eigenvalue weighted by molar-refractivity contribution is -0.123.